The van der Waals surface area contributed by atoms with Gasteiger partial charge in [-0.1, -0.05) is 5.16 Å². The highest BCUT2D eigenvalue weighted by Crippen LogP contribution is 2.26. The van der Waals surface area contributed by atoms with Gasteiger partial charge in [-0.15, -0.1) is 0 Å². The van der Waals surface area contributed by atoms with E-state index in [0.29, 0.717) is 18.3 Å². The molecule has 1 aromatic carbocycles. The summed E-state index contributed by atoms with van der Waals surface area (Å²) in [4.78, 5) is 15.8. The van der Waals surface area contributed by atoms with Gasteiger partial charge in [-0.05, 0) is 25.0 Å². The number of hydrogen-bond acceptors (Lipinski definition) is 5. The molecule has 1 aromatic heterocycles. The van der Waals surface area contributed by atoms with Crippen molar-refractivity contribution >= 4 is 11.7 Å². The third kappa shape index (κ3) is 3.81. The Morgan fingerprint density at radius 1 is 1.35 bits per heavy atom. The molecule has 1 unspecified atom stereocenters. The molecule has 1 atom stereocenters. The summed E-state index contributed by atoms with van der Waals surface area (Å²) in [7, 11) is 0. The van der Waals surface area contributed by atoms with Crippen molar-refractivity contribution in [1.29, 1.82) is 0 Å². The average molecular weight is 324 g/mol. The monoisotopic (exact) mass is 324 g/mol. The molecule has 0 saturated carbocycles. The lowest BCUT2D eigenvalue weighted by Crippen LogP contribution is -2.28. The van der Waals surface area contributed by atoms with Crippen LogP contribution in [0.5, 0.6) is 0 Å². The largest absolute Gasteiger partial charge is 0.368 e. The summed E-state index contributed by atoms with van der Waals surface area (Å²) in [6.07, 6.45) is 1.58. The van der Waals surface area contributed by atoms with Crippen molar-refractivity contribution in [3.63, 3.8) is 0 Å². The van der Waals surface area contributed by atoms with E-state index in [-0.39, 0.29) is 18.3 Å². The van der Waals surface area contributed by atoms with Crippen molar-refractivity contribution in [1.82, 2.24) is 15.5 Å². The van der Waals surface area contributed by atoms with Crippen LogP contribution < -0.4 is 10.6 Å². The molecule has 1 saturated heterocycles. The Balaban J connectivity index is 1.51. The predicted molar refractivity (Wildman–Crippen MR) is 74.4 cm³/mol. The molecule has 2 aromatic rings. The number of halogens is 2. The normalized spacial score (nSPS) is 17.2. The van der Waals surface area contributed by atoms with Crippen molar-refractivity contribution in [3.8, 4) is 0 Å². The lowest BCUT2D eigenvalue weighted by atomic mass is 10.2. The van der Waals surface area contributed by atoms with Crippen molar-refractivity contribution in [2.75, 3.05) is 11.9 Å². The van der Waals surface area contributed by atoms with Gasteiger partial charge >= 0.3 is 6.03 Å². The number of anilines is 1. The highest BCUT2D eigenvalue weighted by molar-refractivity contribution is 5.89. The number of nitrogens with zero attached hydrogens (tertiary/aromatic N) is 2. The van der Waals surface area contributed by atoms with E-state index >= 15 is 0 Å². The number of nitrogens with one attached hydrogen (secondary N) is 2. The zero-order valence-corrected chi connectivity index (χ0v) is 12.0. The first kappa shape index (κ1) is 15.3. The highest BCUT2D eigenvalue weighted by Gasteiger charge is 2.23. The Labute approximate surface area is 130 Å². The molecule has 0 bridgehead atoms. The van der Waals surface area contributed by atoms with Crippen molar-refractivity contribution in [2.45, 2.75) is 25.5 Å². The van der Waals surface area contributed by atoms with Gasteiger partial charge in [0.15, 0.2) is 17.5 Å². The van der Waals surface area contributed by atoms with Crippen molar-refractivity contribution in [3.05, 3.63) is 41.5 Å². The van der Waals surface area contributed by atoms with Crippen molar-refractivity contribution in [2.24, 2.45) is 0 Å². The third-order valence-electron chi connectivity index (χ3n) is 3.27. The maximum atomic E-state index is 13.0. The molecule has 7 nitrogen and oxygen atoms in total. The van der Waals surface area contributed by atoms with Gasteiger partial charge in [0, 0.05) is 18.4 Å². The molecule has 9 heteroatoms. The second-order valence-electron chi connectivity index (χ2n) is 4.99. The Morgan fingerprint density at radius 3 is 2.96 bits per heavy atom. The summed E-state index contributed by atoms with van der Waals surface area (Å²) in [5.41, 5.74) is 0.134. The summed E-state index contributed by atoms with van der Waals surface area (Å²) in [5.74, 6) is -1.33. The van der Waals surface area contributed by atoms with Gasteiger partial charge < -0.3 is 19.9 Å². The maximum absolute atomic E-state index is 13.0. The Kier molecular flexibility index (Phi) is 4.47. The van der Waals surface area contributed by atoms with Gasteiger partial charge in [-0.3, -0.25) is 0 Å². The fraction of sp³-hybridized carbons (Fsp3) is 0.357. The summed E-state index contributed by atoms with van der Waals surface area (Å²) >= 11 is 0. The molecular formula is C14H14F2N4O3. The van der Waals surface area contributed by atoms with Crippen molar-refractivity contribution < 1.29 is 22.8 Å². The van der Waals surface area contributed by atoms with Crippen LogP contribution in [0.2, 0.25) is 0 Å². The van der Waals surface area contributed by atoms with E-state index in [0.717, 1.165) is 25.0 Å². The third-order valence-corrected chi connectivity index (χ3v) is 3.27. The molecule has 0 radical (unpaired) electrons. The lowest BCUT2D eigenvalue weighted by Gasteiger charge is -2.06. The number of ether oxygens (including phenoxy) is 1. The number of rotatable bonds is 4. The molecule has 3 rings (SSSR count). The first-order valence-corrected chi connectivity index (χ1v) is 7.06. The minimum atomic E-state index is -1.04. The quantitative estimate of drug-likeness (QED) is 0.902. The second kappa shape index (κ2) is 6.69. The van der Waals surface area contributed by atoms with Gasteiger partial charge in [-0.25, -0.2) is 13.6 Å². The van der Waals surface area contributed by atoms with Gasteiger partial charge in [0.05, 0.1) is 6.54 Å². The highest BCUT2D eigenvalue weighted by atomic mass is 19.2. The molecule has 1 aliphatic heterocycles. The predicted octanol–water partition coefficient (Wildman–Crippen LogP) is 2.52. The van der Waals surface area contributed by atoms with E-state index in [1.807, 2.05) is 0 Å². The van der Waals surface area contributed by atoms with Crippen LogP contribution >= 0.6 is 0 Å². The van der Waals surface area contributed by atoms with Crippen LogP contribution in [0, 0.1) is 11.6 Å². The molecule has 1 fully saturated rings. The van der Waals surface area contributed by atoms with Crippen LogP contribution in [0.15, 0.2) is 22.7 Å². The van der Waals surface area contributed by atoms with Crippen LogP contribution in [-0.4, -0.2) is 22.8 Å². The second-order valence-corrected chi connectivity index (χ2v) is 4.99. The van der Waals surface area contributed by atoms with Crippen LogP contribution in [0.3, 0.4) is 0 Å². The SMILES string of the molecule is O=C(NCc1noc(C2CCCO2)n1)Nc1ccc(F)c(F)c1. The lowest BCUT2D eigenvalue weighted by molar-refractivity contribution is 0.0835. The number of carbonyl (C=O) groups excluding carboxylic acids is 1. The molecule has 1 aliphatic rings. The molecule has 23 heavy (non-hydrogen) atoms. The topological polar surface area (TPSA) is 89.3 Å². The zero-order chi connectivity index (χ0) is 16.2. The molecule has 2 N–H and O–H groups in total. The van der Waals surface area contributed by atoms with Crippen LogP contribution in [0.4, 0.5) is 19.3 Å². The van der Waals surface area contributed by atoms with Gasteiger partial charge in [0.25, 0.3) is 5.89 Å². The number of amides is 2. The molecule has 2 amide bonds. The average Bonchev–Trinajstić information content (AvgIpc) is 3.19. The Bertz CT molecular complexity index is 701. The van der Waals surface area contributed by atoms with Crippen LogP contribution in [0.1, 0.15) is 30.7 Å². The summed E-state index contributed by atoms with van der Waals surface area (Å²) < 4.78 is 36.3. The Morgan fingerprint density at radius 2 is 2.22 bits per heavy atom. The zero-order valence-electron chi connectivity index (χ0n) is 12.0. The number of aromatic nitrogens is 2. The first-order valence-electron chi connectivity index (χ1n) is 7.06. The van der Waals surface area contributed by atoms with E-state index in [1.54, 1.807) is 0 Å². The van der Waals surface area contributed by atoms with E-state index < -0.39 is 17.7 Å². The summed E-state index contributed by atoms with van der Waals surface area (Å²) in [6.45, 7) is 0.697. The van der Waals surface area contributed by atoms with E-state index in [9.17, 15) is 13.6 Å². The fourth-order valence-corrected chi connectivity index (χ4v) is 2.15. The number of urea groups is 1. The van der Waals surface area contributed by atoms with Gasteiger partial charge in [0.1, 0.15) is 6.10 Å². The molecule has 0 aliphatic carbocycles. The number of benzene rings is 1. The number of carbonyl (C=O) groups is 1. The smallest absolute Gasteiger partial charge is 0.319 e. The van der Waals surface area contributed by atoms with Gasteiger partial charge in [0.2, 0.25) is 0 Å². The van der Waals surface area contributed by atoms with Crippen LogP contribution in [0.25, 0.3) is 0 Å². The first-order chi connectivity index (χ1) is 11.1. The molecular weight excluding hydrogens is 310 g/mol. The molecule has 122 valence electrons. The summed E-state index contributed by atoms with van der Waals surface area (Å²) in [6, 6.07) is 2.47. The Hall–Kier alpha value is -2.55. The maximum Gasteiger partial charge on any atom is 0.319 e. The molecule has 0 spiro atoms. The molecule has 2 heterocycles. The van der Waals surface area contributed by atoms with E-state index in [1.165, 1.54) is 6.07 Å². The standard InChI is InChI=1S/C14H14F2N4O3/c15-9-4-3-8(6-10(9)16)18-14(21)17-7-12-19-13(23-20-12)11-2-1-5-22-11/h3-4,6,11H,1-2,5,7H2,(H2,17,18,21). The fourth-order valence-electron chi connectivity index (χ4n) is 2.15. The van der Waals surface area contributed by atoms with E-state index in [2.05, 4.69) is 20.8 Å². The minimum absolute atomic E-state index is 0.0335. The van der Waals surface area contributed by atoms with E-state index in [4.69, 9.17) is 9.26 Å². The number of hydrogen-bond donors (Lipinski definition) is 2. The minimum Gasteiger partial charge on any atom is -0.368 e. The van der Waals surface area contributed by atoms with Gasteiger partial charge in [-0.2, -0.15) is 4.98 Å². The van der Waals surface area contributed by atoms with Crippen LogP contribution in [-0.2, 0) is 11.3 Å². The summed E-state index contributed by atoms with van der Waals surface area (Å²) in [5, 5.41) is 8.62.